The van der Waals surface area contributed by atoms with Gasteiger partial charge in [-0.1, -0.05) is 29.5 Å². The molecule has 3 amide bonds. The van der Waals surface area contributed by atoms with E-state index in [9.17, 15) is 29.3 Å². The van der Waals surface area contributed by atoms with E-state index in [0.29, 0.717) is 29.3 Å². The molecule has 4 unspecified atom stereocenters. The van der Waals surface area contributed by atoms with E-state index in [1.54, 1.807) is 49.2 Å². The minimum Gasteiger partial charge on any atom is -0.497 e. The Kier molecular flexibility index (Phi) is 7.36. The number of aromatic amines is 1. The fourth-order valence-corrected chi connectivity index (χ4v) is 11.1. The zero-order valence-corrected chi connectivity index (χ0v) is 27.0. The molecule has 0 spiro atoms. The van der Waals surface area contributed by atoms with Crippen LogP contribution in [0.1, 0.15) is 22.8 Å². The molecule has 3 aromatic carbocycles. The molecule has 3 heterocycles. The maximum absolute atomic E-state index is 14.0. The average Bonchev–Trinajstić information content (AvgIpc) is 3.83. The molecule has 1 saturated heterocycles. The molecule has 2 N–H and O–H groups in total. The van der Waals surface area contributed by atoms with Gasteiger partial charge in [0.05, 0.1) is 34.6 Å². The van der Waals surface area contributed by atoms with Crippen molar-refractivity contribution in [2.24, 2.45) is 29.6 Å². The highest BCUT2D eigenvalue weighted by Gasteiger charge is 2.69. The highest BCUT2D eigenvalue weighted by Crippen LogP contribution is 2.69. The van der Waals surface area contributed by atoms with Crippen molar-refractivity contribution in [1.29, 1.82) is 0 Å². The van der Waals surface area contributed by atoms with Crippen molar-refractivity contribution >= 4 is 57.9 Å². The molecular weight excluding hydrogens is 657 g/mol. The first-order valence-corrected chi connectivity index (χ1v) is 17.1. The van der Waals surface area contributed by atoms with Crippen LogP contribution >= 0.6 is 23.1 Å². The van der Waals surface area contributed by atoms with Gasteiger partial charge in [0.25, 0.3) is 11.6 Å². The number of imide groups is 1. The Morgan fingerprint density at radius 2 is 1.71 bits per heavy atom. The fraction of sp³-hybridized carbons (Fsp3) is 0.294. The molecular formula is C34H28N4O8S2. The number of carbonyl (C=O) groups excluding carboxylic acids is 3. The van der Waals surface area contributed by atoms with E-state index in [-0.39, 0.29) is 63.8 Å². The molecule has 48 heavy (non-hydrogen) atoms. The van der Waals surface area contributed by atoms with Crippen LogP contribution in [-0.4, -0.2) is 46.6 Å². The number of hydrogen-bond acceptors (Lipinski definition) is 10. The number of para-hydroxylation sites is 1. The molecule has 0 radical (unpaired) electrons. The van der Waals surface area contributed by atoms with Crippen molar-refractivity contribution in [3.8, 4) is 11.5 Å². The lowest BCUT2D eigenvalue weighted by Crippen LogP contribution is -2.42. The van der Waals surface area contributed by atoms with Crippen molar-refractivity contribution in [1.82, 2.24) is 4.98 Å². The number of benzene rings is 3. The standard InChI is InChI=1S/C34H28N4O8S2/c1-45-19-12-6-16(7-13-19)35-24(39)15-46-23-5-3-2-4-20(23)25-26-21-14-22(29(26)47-31-30(25)48-34(42)36-31)28-27(21)32(40)37(33(28)41)17-8-10-18(11-9-17)38(43)44/h2-13,21-22,25-29H,14-15H2,1H3,(H,35,39)(H,36,42)/t21-,22-,25-,26?,27?,28?,29?/m1/s1. The van der Waals surface area contributed by atoms with Gasteiger partial charge in [-0.2, -0.15) is 0 Å². The molecule has 14 heteroatoms. The highest BCUT2D eigenvalue weighted by atomic mass is 32.2. The zero-order chi connectivity index (χ0) is 33.3. The van der Waals surface area contributed by atoms with Crippen LogP contribution in [0.15, 0.2) is 82.6 Å². The van der Waals surface area contributed by atoms with Crippen molar-refractivity contribution in [2.45, 2.75) is 22.6 Å². The number of fused-ring (bicyclic) bond motifs is 9. The van der Waals surface area contributed by atoms with Gasteiger partial charge in [0, 0.05) is 39.4 Å². The Labute approximate surface area is 281 Å². The number of nitrogens with one attached hydrogen (secondary N) is 2. The van der Waals surface area contributed by atoms with Crippen molar-refractivity contribution < 1.29 is 28.8 Å². The largest absolute Gasteiger partial charge is 0.497 e. The van der Waals surface area contributed by atoms with Gasteiger partial charge < -0.3 is 19.8 Å². The number of methoxy groups -OCH3 is 1. The van der Waals surface area contributed by atoms with Crippen molar-refractivity contribution in [3.05, 3.63) is 103 Å². The number of thioether (sulfide) groups is 1. The number of ether oxygens (including phenoxy) is 2. The number of non-ortho nitro benzene ring substituents is 1. The number of nitrogens with zero attached hydrogens (tertiary/aromatic N) is 2. The third-order valence-electron chi connectivity index (χ3n) is 10.0. The second kappa shape index (κ2) is 11.6. The third kappa shape index (κ3) is 4.81. The average molecular weight is 685 g/mol. The summed E-state index contributed by atoms with van der Waals surface area (Å²) in [6.07, 6.45) is 0.701. The van der Waals surface area contributed by atoms with E-state index in [1.165, 1.54) is 29.2 Å². The molecule has 4 aromatic rings. The van der Waals surface area contributed by atoms with E-state index in [2.05, 4.69) is 10.3 Å². The number of amides is 3. The molecule has 1 aromatic heterocycles. The topological polar surface area (TPSA) is 161 Å². The second-order valence-electron chi connectivity index (χ2n) is 12.3. The summed E-state index contributed by atoms with van der Waals surface area (Å²) >= 11 is 2.72. The third-order valence-corrected chi connectivity index (χ3v) is 12.6. The maximum Gasteiger partial charge on any atom is 0.305 e. The molecule has 244 valence electrons. The summed E-state index contributed by atoms with van der Waals surface area (Å²) in [5.41, 5.74) is 1.62. The first-order chi connectivity index (χ1) is 23.2. The van der Waals surface area contributed by atoms with Crippen LogP contribution in [0.25, 0.3) is 0 Å². The van der Waals surface area contributed by atoms with E-state index in [0.717, 1.165) is 26.8 Å². The molecule has 2 aliphatic heterocycles. The lowest BCUT2D eigenvalue weighted by atomic mass is 9.68. The number of hydrogen-bond donors (Lipinski definition) is 2. The van der Waals surface area contributed by atoms with E-state index in [1.807, 2.05) is 18.2 Å². The summed E-state index contributed by atoms with van der Waals surface area (Å²) in [6.45, 7) is -0.247. The minimum atomic E-state index is -0.539. The minimum absolute atomic E-state index is 0.0426. The van der Waals surface area contributed by atoms with Crippen molar-refractivity contribution in [3.63, 3.8) is 0 Å². The molecule has 7 atom stereocenters. The summed E-state index contributed by atoms with van der Waals surface area (Å²) in [5, 5.41) is 14.7. The summed E-state index contributed by atoms with van der Waals surface area (Å²) in [5.74, 6) is -1.41. The predicted molar refractivity (Wildman–Crippen MR) is 178 cm³/mol. The van der Waals surface area contributed by atoms with Crippen LogP contribution in [0.2, 0.25) is 0 Å². The number of nitro groups is 1. The van der Waals surface area contributed by atoms with Crippen LogP contribution in [-0.2, 0) is 14.4 Å². The number of anilines is 2. The van der Waals surface area contributed by atoms with Gasteiger partial charge in [-0.25, -0.2) is 0 Å². The quantitative estimate of drug-likeness (QED) is 0.147. The SMILES string of the molecule is COc1ccc(NC(=O)COc2ccccc2[C@H]2c3sc(=O)[nH]c3SC3C2[C@H]2C[C@@H]3C3C(=O)N(c4ccc([N+](=O)[O-])cc4)C(=O)C32)cc1. The molecule has 4 aliphatic rings. The van der Waals surface area contributed by atoms with Crippen LogP contribution in [0.5, 0.6) is 11.5 Å². The first-order valence-electron chi connectivity index (χ1n) is 15.4. The molecule has 2 bridgehead atoms. The predicted octanol–water partition coefficient (Wildman–Crippen LogP) is 5.05. The van der Waals surface area contributed by atoms with Crippen molar-refractivity contribution in [2.75, 3.05) is 23.9 Å². The Bertz CT molecular complexity index is 2030. The number of aromatic nitrogens is 1. The molecule has 2 saturated carbocycles. The highest BCUT2D eigenvalue weighted by molar-refractivity contribution is 8.00. The Morgan fingerprint density at radius 3 is 2.42 bits per heavy atom. The number of carbonyl (C=O) groups is 3. The Morgan fingerprint density at radius 1 is 1.00 bits per heavy atom. The number of H-pyrrole nitrogens is 1. The van der Waals surface area contributed by atoms with Crippen LogP contribution < -0.4 is 24.6 Å². The zero-order valence-electron chi connectivity index (χ0n) is 25.4. The van der Waals surface area contributed by atoms with Gasteiger partial charge >= 0.3 is 4.87 Å². The van der Waals surface area contributed by atoms with Gasteiger partial charge in [-0.15, -0.1) is 11.8 Å². The monoisotopic (exact) mass is 684 g/mol. The van der Waals surface area contributed by atoms with E-state index in [4.69, 9.17) is 9.47 Å². The number of rotatable bonds is 8. The van der Waals surface area contributed by atoms with Gasteiger partial charge in [-0.05, 0) is 66.6 Å². The fourth-order valence-electron chi connectivity index (χ4n) is 8.23. The summed E-state index contributed by atoms with van der Waals surface area (Å²) in [6, 6.07) is 19.9. The maximum atomic E-state index is 14.0. The van der Waals surface area contributed by atoms with E-state index >= 15 is 0 Å². The van der Waals surface area contributed by atoms with Crippen LogP contribution in [0, 0.1) is 39.7 Å². The normalized spacial score (nSPS) is 26.5. The Hall–Kier alpha value is -4.95. The second-order valence-corrected chi connectivity index (χ2v) is 14.6. The summed E-state index contributed by atoms with van der Waals surface area (Å²) in [7, 11) is 1.57. The number of thiazole rings is 1. The van der Waals surface area contributed by atoms with Gasteiger partial charge in [0.1, 0.15) is 11.5 Å². The molecule has 12 nitrogen and oxygen atoms in total. The smallest absolute Gasteiger partial charge is 0.305 e. The van der Waals surface area contributed by atoms with Gasteiger partial charge in [0.2, 0.25) is 11.8 Å². The Balaban J connectivity index is 1.10. The lowest BCUT2D eigenvalue weighted by molar-refractivity contribution is -0.384. The molecule has 2 aliphatic carbocycles. The van der Waals surface area contributed by atoms with Gasteiger partial charge in [0.15, 0.2) is 6.61 Å². The van der Waals surface area contributed by atoms with Crippen LogP contribution in [0.3, 0.4) is 0 Å². The van der Waals surface area contributed by atoms with E-state index < -0.39 is 16.8 Å². The molecule has 3 fully saturated rings. The first kappa shape index (κ1) is 30.4. The molecule has 8 rings (SSSR count). The summed E-state index contributed by atoms with van der Waals surface area (Å²) < 4.78 is 11.3. The number of nitro benzene ring substituents is 1. The van der Waals surface area contributed by atoms with Gasteiger partial charge in [-0.3, -0.25) is 34.2 Å². The summed E-state index contributed by atoms with van der Waals surface area (Å²) in [4.78, 5) is 69.1. The lowest BCUT2D eigenvalue weighted by Gasteiger charge is -2.43. The van der Waals surface area contributed by atoms with Crippen LogP contribution in [0.4, 0.5) is 17.1 Å².